The van der Waals surface area contributed by atoms with Crippen LogP contribution in [0.2, 0.25) is 0 Å². The van der Waals surface area contributed by atoms with Gasteiger partial charge in [-0.3, -0.25) is 19.4 Å². The van der Waals surface area contributed by atoms with Gasteiger partial charge in [0.05, 0.1) is 26.4 Å². The summed E-state index contributed by atoms with van der Waals surface area (Å²) in [5.74, 6) is 3.02. The molecule has 2 aromatic carbocycles. The van der Waals surface area contributed by atoms with Gasteiger partial charge in [-0.15, -0.1) is 0 Å². The third-order valence-corrected chi connectivity index (χ3v) is 21.5. The molecule has 4 saturated heterocycles. The van der Waals surface area contributed by atoms with Gasteiger partial charge in [0.25, 0.3) is 0 Å². The van der Waals surface area contributed by atoms with Crippen LogP contribution in [0.5, 0.6) is 0 Å². The van der Waals surface area contributed by atoms with Gasteiger partial charge in [-0.1, -0.05) is 133 Å². The molecule has 4 aliphatic rings. The number of rotatable bonds is 24. The van der Waals surface area contributed by atoms with Crippen molar-refractivity contribution < 1.29 is 19.4 Å². The normalized spacial score (nSPS) is 32.1. The molecule has 0 saturated carbocycles. The highest BCUT2D eigenvalue weighted by atomic mass is 16.7. The van der Waals surface area contributed by atoms with Crippen LogP contribution in [0.4, 0.5) is 0 Å². The molecule has 4 fully saturated rings. The second-order valence-corrected chi connectivity index (χ2v) is 31.0. The number of hydroxylamine groups is 8. The highest BCUT2D eigenvalue weighted by Crippen LogP contribution is 2.57. The lowest BCUT2D eigenvalue weighted by Gasteiger charge is -2.58. The molecule has 6 rings (SSSR count). The van der Waals surface area contributed by atoms with Gasteiger partial charge in [0, 0.05) is 44.3 Å². The lowest BCUT2D eigenvalue weighted by atomic mass is 9.64. The second-order valence-electron chi connectivity index (χ2n) is 31.0. The van der Waals surface area contributed by atoms with Crippen molar-refractivity contribution in [3.8, 4) is 0 Å². The summed E-state index contributed by atoms with van der Waals surface area (Å²) in [5, 5.41) is 12.9. The minimum atomic E-state index is -0.181. The standard InChI is InChI=1S/C70H124N4O4/c1-25-29-33-75-71-63(13,14)41-55(45-67(71,21)49(5)6)53-37-59(57-43-65(17,18)73(77-35-31-27-3)69(23,47-57)51(9)10)62-40-54(56-42-64(15,16)72(76-34-30-26-2)68(22,46-56)50(7)8)38-60(61(62)39-53)58-44-66(19,20)74(78-36-32-28-4)70(24,48-58)52(11)12/h37-40,49-52,55-58H,25-36,41-48H2,1-24H3. The van der Waals surface area contributed by atoms with Gasteiger partial charge >= 0.3 is 0 Å². The van der Waals surface area contributed by atoms with E-state index < -0.39 is 0 Å². The van der Waals surface area contributed by atoms with Crippen molar-refractivity contribution in [3.05, 3.63) is 46.5 Å². The summed E-state index contributed by atoms with van der Waals surface area (Å²) in [7, 11) is 0. The number of hydrogen-bond donors (Lipinski definition) is 0. The lowest BCUT2D eigenvalue weighted by molar-refractivity contribution is -0.298. The topological polar surface area (TPSA) is 49.9 Å². The summed E-state index contributed by atoms with van der Waals surface area (Å²) < 4.78 is 0. The Bertz CT molecular complexity index is 2090. The smallest absolute Gasteiger partial charge is 0.0685 e. The minimum absolute atomic E-state index is 0.139. The number of hydrogen-bond acceptors (Lipinski definition) is 8. The third kappa shape index (κ3) is 13.2. The average molecular weight is 1090 g/mol. The Kier molecular flexibility index (Phi) is 21.3. The van der Waals surface area contributed by atoms with Gasteiger partial charge < -0.3 is 0 Å². The minimum Gasteiger partial charge on any atom is -0.298 e. The summed E-state index contributed by atoms with van der Waals surface area (Å²) >= 11 is 0. The van der Waals surface area contributed by atoms with Crippen LogP contribution in [-0.4, -0.2) is 91.0 Å². The van der Waals surface area contributed by atoms with Crippen molar-refractivity contribution in [2.24, 2.45) is 23.7 Å². The molecular weight excluding hydrogens is 961 g/mol. The van der Waals surface area contributed by atoms with Gasteiger partial charge in [0.15, 0.2) is 0 Å². The lowest BCUT2D eigenvalue weighted by Crippen LogP contribution is -2.63. The molecule has 8 heteroatoms. The molecule has 4 aliphatic heterocycles. The molecule has 0 spiro atoms. The van der Waals surface area contributed by atoms with Crippen molar-refractivity contribution in [3.63, 3.8) is 0 Å². The number of piperidine rings is 4. The van der Waals surface area contributed by atoms with Gasteiger partial charge in [-0.05, 0) is 241 Å². The first-order valence-electron chi connectivity index (χ1n) is 32.6. The summed E-state index contributed by atoms with van der Waals surface area (Å²) in [6.45, 7) is 61.6. The summed E-state index contributed by atoms with van der Waals surface area (Å²) in [6, 6.07) is 11.1. The molecule has 0 bridgehead atoms. The monoisotopic (exact) mass is 1080 g/mol. The zero-order valence-corrected chi connectivity index (χ0v) is 55.5. The predicted molar refractivity (Wildman–Crippen MR) is 332 cm³/mol. The maximum absolute atomic E-state index is 7.00. The van der Waals surface area contributed by atoms with E-state index >= 15 is 0 Å². The number of benzene rings is 2. The van der Waals surface area contributed by atoms with Crippen molar-refractivity contribution in [1.82, 2.24) is 20.3 Å². The Hall–Kier alpha value is -1.62. The van der Waals surface area contributed by atoms with E-state index in [0.29, 0.717) is 47.3 Å². The van der Waals surface area contributed by atoms with Gasteiger partial charge in [0.1, 0.15) is 0 Å². The van der Waals surface area contributed by atoms with Crippen LogP contribution >= 0.6 is 0 Å². The first-order chi connectivity index (χ1) is 36.2. The number of nitrogens with zero attached hydrogens (tertiary/aromatic N) is 4. The fourth-order valence-corrected chi connectivity index (χ4v) is 16.1. The second kappa shape index (κ2) is 25.3. The van der Waals surface area contributed by atoms with Crippen LogP contribution in [0.3, 0.4) is 0 Å². The summed E-state index contributed by atoms with van der Waals surface area (Å²) in [5.41, 5.74) is 4.92. The molecule has 0 radical (unpaired) electrons. The van der Waals surface area contributed by atoms with Crippen LogP contribution in [-0.2, 0) is 19.4 Å². The van der Waals surface area contributed by atoms with E-state index in [1.165, 1.54) is 21.9 Å². The van der Waals surface area contributed by atoms with Gasteiger partial charge in [-0.25, -0.2) is 0 Å². The Morgan fingerprint density at radius 1 is 0.346 bits per heavy atom. The molecule has 8 nitrogen and oxygen atoms in total. The molecule has 8 unspecified atom stereocenters. The van der Waals surface area contributed by atoms with Crippen LogP contribution in [0.1, 0.15) is 315 Å². The van der Waals surface area contributed by atoms with E-state index in [2.05, 4.69) is 211 Å². The molecule has 4 heterocycles. The maximum atomic E-state index is 7.00. The van der Waals surface area contributed by atoms with Crippen LogP contribution in [0, 0.1) is 23.7 Å². The number of fused-ring (bicyclic) bond motifs is 1. The van der Waals surface area contributed by atoms with Crippen LogP contribution in [0.25, 0.3) is 10.8 Å². The van der Waals surface area contributed by atoms with E-state index in [4.69, 9.17) is 19.4 Å². The van der Waals surface area contributed by atoms with Crippen molar-refractivity contribution in [1.29, 1.82) is 0 Å². The molecular formula is C70H124N4O4. The Morgan fingerprint density at radius 3 is 0.782 bits per heavy atom. The third-order valence-electron chi connectivity index (χ3n) is 21.5. The molecule has 0 amide bonds. The first-order valence-corrected chi connectivity index (χ1v) is 32.6. The quantitative estimate of drug-likeness (QED) is 0.0964. The molecule has 8 atom stereocenters. The summed E-state index contributed by atoms with van der Waals surface area (Å²) in [6.07, 6.45) is 17.2. The molecule has 0 aromatic heterocycles. The van der Waals surface area contributed by atoms with Gasteiger partial charge in [0.2, 0.25) is 0 Å². The van der Waals surface area contributed by atoms with E-state index in [0.717, 1.165) is 129 Å². The highest BCUT2D eigenvalue weighted by Gasteiger charge is 2.56. The molecule has 0 aliphatic carbocycles. The molecule has 2 aromatic rings. The van der Waals surface area contributed by atoms with E-state index in [9.17, 15) is 0 Å². The average Bonchev–Trinajstić information content (AvgIpc) is 3.47. The predicted octanol–water partition coefficient (Wildman–Crippen LogP) is 19.3. The zero-order chi connectivity index (χ0) is 58.2. The van der Waals surface area contributed by atoms with Gasteiger partial charge in [-0.2, -0.15) is 20.3 Å². The largest absolute Gasteiger partial charge is 0.298 e. The fourth-order valence-electron chi connectivity index (χ4n) is 16.1. The maximum Gasteiger partial charge on any atom is 0.0685 e. The molecule has 0 N–H and O–H groups in total. The van der Waals surface area contributed by atoms with Crippen LogP contribution < -0.4 is 0 Å². The van der Waals surface area contributed by atoms with Crippen molar-refractivity contribution >= 4 is 10.8 Å². The van der Waals surface area contributed by atoms with Crippen LogP contribution in [0.15, 0.2) is 24.3 Å². The Morgan fingerprint density at radius 2 is 0.564 bits per heavy atom. The fraction of sp³-hybridized carbons (Fsp3) is 0.857. The van der Waals surface area contributed by atoms with Crippen molar-refractivity contribution in [2.75, 3.05) is 26.4 Å². The molecule has 448 valence electrons. The van der Waals surface area contributed by atoms with E-state index in [1.54, 1.807) is 11.1 Å². The first kappa shape index (κ1) is 65.5. The number of unbranched alkanes of at least 4 members (excludes halogenated alkanes) is 4. The van der Waals surface area contributed by atoms with Crippen molar-refractivity contribution in [2.45, 2.75) is 337 Å². The highest BCUT2D eigenvalue weighted by molar-refractivity contribution is 5.91. The Balaban J connectivity index is 1.69. The summed E-state index contributed by atoms with van der Waals surface area (Å²) in [4.78, 5) is 27.9. The SMILES string of the molecule is CCCCON1C(C)(C)CC(c2cc(C3CC(C)(C)N(OCCCC)C(C)(C(C)C)C3)c3cc(C4CC(C)(C)N(OCCCC)C(C)(C(C)C)C4)cc(C4CC(C)(C)N(OCCCC)C(C)(C(C)C)C4)c3c2)CC1(C)C(C)C. The molecule has 78 heavy (non-hydrogen) atoms. The Labute approximate surface area is 481 Å². The zero-order valence-electron chi connectivity index (χ0n) is 55.5. The van der Waals surface area contributed by atoms with E-state index in [-0.39, 0.29) is 44.3 Å². The van der Waals surface area contributed by atoms with E-state index in [1.807, 2.05) is 0 Å².